The molecule has 0 unspecified atom stereocenters. The lowest BCUT2D eigenvalue weighted by atomic mass is 10.2. The molecule has 0 aliphatic heterocycles. The van der Waals surface area contributed by atoms with Crippen LogP contribution in [-0.4, -0.2) is 18.4 Å². The molecule has 0 bridgehead atoms. The second-order valence-corrected chi connectivity index (χ2v) is 4.78. The van der Waals surface area contributed by atoms with Crippen LogP contribution in [0.2, 0.25) is 0 Å². The Morgan fingerprint density at radius 3 is 2.27 bits per heavy atom. The molecule has 0 aromatic heterocycles. The Kier molecular flexibility index (Phi) is 5.65. The lowest BCUT2D eigenvalue weighted by Gasteiger charge is -2.07. The molecule has 4 nitrogen and oxygen atoms in total. The summed E-state index contributed by atoms with van der Waals surface area (Å²) in [5.41, 5.74) is 1.39. The molecular formula is C17H17FN2O2. The third-order valence-corrected chi connectivity index (χ3v) is 3.08. The molecule has 0 radical (unpaired) electrons. The first kappa shape index (κ1) is 15.7. The van der Waals surface area contributed by atoms with Crippen molar-refractivity contribution < 1.29 is 14.0 Å². The summed E-state index contributed by atoms with van der Waals surface area (Å²) in [7, 11) is 0. The molecule has 0 aliphatic rings. The lowest BCUT2D eigenvalue weighted by Crippen LogP contribution is -2.30. The number of rotatable bonds is 6. The van der Waals surface area contributed by atoms with Gasteiger partial charge in [-0.25, -0.2) is 4.39 Å². The maximum absolute atomic E-state index is 12.7. The summed E-state index contributed by atoms with van der Waals surface area (Å²) < 4.78 is 12.7. The van der Waals surface area contributed by atoms with Crippen LogP contribution in [0.25, 0.3) is 0 Å². The summed E-state index contributed by atoms with van der Waals surface area (Å²) in [6, 6.07) is 14.8. The van der Waals surface area contributed by atoms with E-state index in [1.807, 2.05) is 30.3 Å². The highest BCUT2D eigenvalue weighted by atomic mass is 19.1. The van der Waals surface area contributed by atoms with Gasteiger partial charge >= 0.3 is 0 Å². The maximum Gasteiger partial charge on any atom is 0.251 e. The van der Waals surface area contributed by atoms with E-state index in [0.29, 0.717) is 12.1 Å². The Morgan fingerprint density at radius 1 is 0.909 bits per heavy atom. The fourth-order valence-corrected chi connectivity index (χ4v) is 1.88. The van der Waals surface area contributed by atoms with Crippen molar-refractivity contribution in [2.75, 3.05) is 6.54 Å². The lowest BCUT2D eigenvalue weighted by molar-refractivity contribution is -0.121. The number of hydrogen-bond donors (Lipinski definition) is 2. The van der Waals surface area contributed by atoms with Crippen molar-refractivity contribution in [1.29, 1.82) is 0 Å². The van der Waals surface area contributed by atoms with E-state index >= 15 is 0 Å². The number of carbonyl (C=O) groups is 2. The number of nitrogens with one attached hydrogen (secondary N) is 2. The van der Waals surface area contributed by atoms with E-state index in [1.54, 1.807) is 0 Å². The van der Waals surface area contributed by atoms with Crippen LogP contribution in [0, 0.1) is 5.82 Å². The minimum absolute atomic E-state index is 0.136. The molecule has 2 aromatic carbocycles. The summed E-state index contributed by atoms with van der Waals surface area (Å²) in [4.78, 5) is 23.4. The van der Waals surface area contributed by atoms with Gasteiger partial charge in [0, 0.05) is 25.1 Å². The van der Waals surface area contributed by atoms with Crippen molar-refractivity contribution in [1.82, 2.24) is 10.6 Å². The zero-order chi connectivity index (χ0) is 15.8. The smallest absolute Gasteiger partial charge is 0.251 e. The van der Waals surface area contributed by atoms with Crippen molar-refractivity contribution in [3.05, 3.63) is 71.5 Å². The van der Waals surface area contributed by atoms with Gasteiger partial charge in [-0.15, -0.1) is 0 Å². The molecule has 22 heavy (non-hydrogen) atoms. The van der Waals surface area contributed by atoms with Gasteiger partial charge in [0.1, 0.15) is 5.82 Å². The first-order chi connectivity index (χ1) is 10.6. The first-order valence-electron chi connectivity index (χ1n) is 6.99. The monoisotopic (exact) mass is 300 g/mol. The van der Waals surface area contributed by atoms with E-state index in [9.17, 15) is 14.0 Å². The molecule has 0 aliphatic carbocycles. The SMILES string of the molecule is O=C(CCNC(=O)c1ccc(F)cc1)NCc1ccccc1. The van der Waals surface area contributed by atoms with Crippen LogP contribution in [0.5, 0.6) is 0 Å². The fraction of sp³-hybridized carbons (Fsp3) is 0.176. The zero-order valence-electron chi connectivity index (χ0n) is 12.0. The predicted molar refractivity (Wildman–Crippen MR) is 81.6 cm³/mol. The van der Waals surface area contributed by atoms with Crippen LogP contribution in [0.15, 0.2) is 54.6 Å². The molecule has 0 saturated carbocycles. The van der Waals surface area contributed by atoms with E-state index < -0.39 is 5.82 Å². The van der Waals surface area contributed by atoms with Gasteiger partial charge < -0.3 is 10.6 Å². The van der Waals surface area contributed by atoms with Crippen molar-refractivity contribution in [2.45, 2.75) is 13.0 Å². The normalized spacial score (nSPS) is 10.0. The van der Waals surface area contributed by atoms with Crippen molar-refractivity contribution in [2.24, 2.45) is 0 Å². The third-order valence-electron chi connectivity index (χ3n) is 3.08. The molecule has 2 aromatic rings. The molecule has 5 heteroatoms. The molecule has 0 atom stereocenters. The van der Waals surface area contributed by atoms with Crippen LogP contribution in [0.4, 0.5) is 4.39 Å². The van der Waals surface area contributed by atoms with Gasteiger partial charge in [0.05, 0.1) is 0 Å². The minimum atomic E-state index is -0.392. The van der Waals surface area contributed by atoms with Gasteiger partial charge in [0.25, 0.3) is 5.91 Å². The van der Waals surface area contributed by atoms with Gasteiger partial charge in [0.2, 0.25) is 5.91 Å². The zero-order valence-corrected chi connectivity index (χ0v) is 12.0. The molecule has 2 N–H and O–H groups in total. The number of benzene rings is 2. The average molecular weight is 300 g/mol. The van der Waals surface area contributed by atoms with Crippen LogP contribution < -0.4 is 10.6 Å². The van der Waals surface area contributed by atoms with Gasteiger partial charge in [-0.3, -0.25) is 9.59 Å². The van der Waals surface area contributed by atoms with E-state index in [1.165, 1.54) is 24.3 Å². The molecule has 2 rings (SSSR count). The number of amides is 2. The molecule has 114 valence electrons. The maximum atomic E-state index is 12.7. The van der Waals surface area contributed by atoms with Crippen LogP contribution in [-0.2, 0) is 11.3 Å². The van der Waals surface area contributed by atoms with E-state index in [4.69, 9.17) is 0 Å². The molecule has 0 heterocycles. The first-order valence-corrected chi connectivity index (χ1v) is 6.99. The molecule has 0 saturated heterocycles. The molecule has 0 fully saturated rings. The summed E-state index contributed by atoms with van der Waals surface area (Å²) >= 11 is 0. The Labute approximate surface area is 128 Å². The Hall–Kier alpha value is -2.69. The highest BCUT2D eigenvalue weighted by Gasteiger charge is 2.06. The van der Waals surface area contributed by atoms with Gasteiger partial charge in [-0.2, -0.15) is 0 Å². The Bertz CT molecular complexity index is 627. The standard InChI is InChI=1S/C17H17FN2O2/c18-15-8-6-14(7-9-15)17(22)19-11-10-16(21)20-12-13-4-2-1-3-5-13/h1-9H,10-12H2,(H,19,22)(H,20,21). The van der Waals surface area contributed by atoms with Crippen molar-refractivity contribution in [3.8, 4) is 0 Å². The average Bonchev–Trinajstić information content (AvgIpc) is 2.54. The Balaban J connectivity index is 1.68. The second kappa shape index (κ2) is 7.93. The van der Waals surface area contributed by atoms with E-state index in [0.717, 1.165) is 5.56 Å². The summed E-state index contributed by atoms with van der Waals surface area (Å²) in [5.74, 6) is -0.851. The topological polar surface area (TPSA) is 58.2 Å². The van der Waals surface area contributed by atoms with Crippen LogP contribution in [0.1, 0.15) is 22.3 Å². The largest absolute Gasteiger partial charge is 0.352 e. The molecular weight excluding hydrogens is 283 g/mol. The summed E-state index contributed by atoms with van der Waals surface area (Å²) in [6.45, 7) is 0.697. The van der Waals surface area contributed by atoms with E-state index in [2.05, 4.69) is 10.6 Å². The quantitative estimate of drug-likeness (QED) is 0.860. The molecule has 2 amide bonds. The van der Waals surface area contributed by atoms with Gasteiger partial charge in [-0.05, 0) is 29.8 Å². The number of halogens is 1. The highest BCUT2D eigenvalue weighted by molar-refractivity contribution is 5.94. The second-order valence-electron chi connectivity index (χ2n) is 4.78. The van der Waals surface area contributed by atoms with Crippen LogP contribution in [0.3, 0.4) is 0 Å². The predicted octanol–water partition coefficient (Wildman–Crippen LogP) is 2.26. The third kappa shape index (κ3) is 5.01. The van der Waals surface area contributed by atoms with Crippen molar-refractivity contribution in [3.63, 3.8) is 0 Å². The highest BCUT2D eigenvalue weighted by Crippen LogP contribution is 2.02. The van der Waals surface area contributed by atoms with Gasteiger partial charge in [0.15, 0.2) is 0 Å². The van der Waals surface area contributed by atoms with Gasteiger partial charge in [-0.1, -0.05) is 30.3 Å². The van der Waals surface area contributed by atoms with Crippen molar-refractivity contribution >= 4 is 11.8 Å². The minimum Gasteiger partial charge on any atom is -0.352 e. The summed E-state index contributed by atoms with van der Waals surface area (Å²) in [6.07, 6.45) is 0.194. The fourth-order valence-electron chi connectivity index (χ4n) is 1.88. The number of carbonyl (C=O) groups excluding carboxylic acids is 2. The number of hydrogen-bond acceptors (Lipinski definition) is 2. The molecule has 0 spiro atoms. The Morgan fingerprint density at radius 2 is 1.59 bits per heavy atom. The van der Waals surface area contributed by atoms with Crippen LogP contribution >= 0.6 is 0 Å². The van der Waals surface area contributed by atoms with E-state index in [-0.39, 0.29) is 24.8 Å². The summed E-state index contributed by atoms with van der Waals surface area (Å²) in [5, 5.41) is 5.41.